The van der Waals surface area contributed by atoms with Gasteiger partial charge in [0, 0.05) is 41.1 Å². The smallest absolute Gasteiger partial charge is 0.275 e. The second-order valence-electron chi connectivity index (χ2n) is 6.32. The van der Waals surface area contributed by atoms with Gasteiger partial charge in [-0.25, -0.2) is 0 Å². The van der Waals surface area contributed by atoms with Crippen LogP contribution in [0.15, 0.2) is 18.2 Å². The number of H-pyrrole nitrogens is 1. The quantitative estimate of drug-likeness (QED) is 0.667. The summed E-state index contributed by atoms with van der Waals surface area (Å²) in [6, 6.07) is 4.72. The molecule has 1 saturated heterocycles. The van der Waals surface area contributed by atoms with Crippen LogP contribution in [0.5, 0.6) is 0 Å². The molecule has 7 nitrogen and oxygen atoms in total. The molecule has 126 valence electrons. The van der Waals surface area contributed by atoms with Crippen LogP contribution in [-0.4, -0.2) is 49.5 Å². The number of hydrogen-bond acceptors (Lipinski definition) is 5. The van der Waals surface area contributed by atoms with E-state index in [-0.39, 0.29) is 17.6 Å². The molecule has 1 aromatic carbocycles. The number of benzene rings is 1. The van der Waals surface area contributed by atoms with Gasteiger partial charge in [-0.05, 0) is 18.9 Å². The number of fused-ring (bicyclic) bond motifs is 2. The standard InChI is InChI=1S/C16H18N4O3S/c21-16(19-7-8-24-14-4-2-1-3-13(14)19)15-11-9-10(20(22)23)5-6-12(11)17-18-15/h5-6,9,13-14H,1-4,7-8H2,(H,17,18). The van der Waals surface area contributed by atoms with E-state index in [2.05, 4.69) is 10.2 Å². The highest BCUT2D eigenvalue weighted by Crippen LogP contribution is 2.36. The molecule has 1 N–H and O–H groups in total. The van der Waals surface area contributed by atoms with Crippen molar-refractivity contribution in [3.05, 3.63) is 34.0 Å². The van der Waals surface area contributed by atoms with Crippen LogP contribution in [0, 0.1) is 10.1 Å². The highest BCUT2D eigenvalue weighted by molar-refractivity contribution is 8.00. The fraction of sp³-hybridized carbons (Fsp3) is 0.500. The van der Waals surface area contributed by atoms with E-state index in [0.717, 1.165) is 25.0 Å². The van der Waals surface area contributed by atoms with Gasteiger partial charge in [0.05, 0.1) is 10.4 Å². The Balaban J connectivity index is 1.69. The summed E-state index contributed by atoms with van der Waals surface area (Å²) in [6.45, 7) is 0.716. The summed E-state index contributed by atoms with van der Waals surface area (Å²) >= 11 is 1.96. The van der Waals surface area contributed by atoms with Gasteiger partial charge in [0.2, 0.25) is 0 Å². The minimum atomic E-state index is -0.449. The molecular formula is C16H18N4O3S. The second kappa shape index (κ2) is 6.08. The number of nitro groups is 1. The summed E-state index contributed by atoms with van der Waals surface area (Å²) in [5.41, 5.74) is 0.920. The molecule has 1 aliphatic heterocycles. The van der Waals surface area contributed by atoms with Crippen LogP contribution in [0.25, 0.3) is 10.9 Å². The molecule has 2 aliphatic rings. The number of rotatable bonds is 2. The van der Waals surface area contributed by atoms with Crippen molar-refractivity contribution in [2.24, 2.45) is 0 Å². The molecule has 1 amide bonds. The van der Waals surface area contributed by atoms with Crippen molar-refractivity contribution in [3.8, 4) is 0 Å². The summed E-state index contributed by atoms with van der Waals surface area (Å²) in [7, 11) is 0. The highest BCUT2D eigenvalue weighted by Gasteiger charge is 2.37. The Morgan fingerprint density at radius 1 is 1.38 bits per heavy atom. The van der Waals surface area contributed by atoms with Gasteiger partial charge >= 0.3 is 0 Å². The molecule has 2 heterocycles. The molecule has 8 heteroatoms. The number of nitro benzene ring substituents is 1. The fourth-order valence-electron chi connectivity index (χ4n) is 3.76. The zero-order valence-corrected chi connectivity index (χ0v) is 13.9. The Morgan fingerprint density at radius 2 is 2.21 bits per heavy atom. The largest absolute Gasteiger partial charge is 0.332 e. The zero-order valence-electron chi connectivity index (χ0n) is 13.1. The number of aromatic nitrogens is 2. The van der Waals surface area contributed by atoms with Gasteiger partial charge in [0.25, 0.3) is 11.6 Å². The maximum Gasteiger partial charge on any atom is 0.275 e. The molecule has 2 fully saturated rings. The van der Waals surface area contributed by atoms with E-state index in [0.29, 0.717) is 28.4 Å². The minimum absolute atomic E-state index is 0.0253. The number of thioether (sulfide) groups is 1. The van der Waals surface area contributed by atoms with E-state index < -0.39 is 4.92 Å². The average molecular weight is 346 g/mol. The highest BCUT2D eigenvalue weighted by atomic mass is 32.2. The summed E-state index contributed by atoms with van der Waals surface area (Å²) in [5.74, 6) is 0.828. The first-order valence-corrected chi connectivity index (χ1v) is 9.25. The molecule has 0 bridgehead atoms. The number of amides is 1. The predicted molar refractivity (Wildman–Crippen MR) is 92.3 cm³/mol. The molecule has 24 heavy (non-hydrogen) atoms. The summed E-state index contributed by atoms with van der Waals surface area (Å²) in [6.07, 6.45) is 4.57. The van der Waals surface area contributed by atoms with Crippen molar-refractivity contribution >= 4 is 34.3 Å². The van der Waals surface area contributed by atoms with E-state index in [1.165, 1.54) is 18.6 Å². The molecule has 4 rings (SSSR count). The monoisotopic (exact) mass is 346 g/mol. The fourth-order valence-corrected chi connectivity index (χ4v) is 5.21. The predicted octanol–water partition coefficient (Wildman–Crippen LogP) is 2.97. The third kappa shape index (κ3) is 2.54. The van der Waals surface area contributed by atoms with Crippen LogP contribution in [0.4, 0.5) is 5.69 Å². The Hall–Kier alpha value is -2.09. The second-order valence-corrected chi connectivity index (χ2v) is 7.67. The topological polar surface area (TPSA) is 92.1 Å². The third-order valence-corrected chi connectivity index (χ3v) is 6.35. The Morgan fingerprint density at radius 3 is 3.04 bits per heavy atom. The van der Waals surface area contributed by atoms with Gasteiger partial charge in [-0.1, -0.05) is 12.8 Å². The number of carbonyl (C=O) groups excluding carboxylic acids is 1. The van der Waals surface area contributed by atoms with Crippen LogP contribution in [0.2, 0.25) is 0 Å². The maximum atomic E-state index is 13.1. The van der Waals surface area contributed by atoms with E-state index in [9.17, 15) is 14.9 Å². The van der Waals surface area contributed by atoms with Gasteiger partial charge in [0.15, 0.2) is 5.69 Å². The third-order valence-electron chi connectivity index (χ3n) is 4.95. The number of aromatic amines is 1. The summed E-state index contributed by atoms with van der Waals surface area (Å²) < 4.78 is 0. The number of non-ortho nitro benzene ring substituents is 1. The van der Waals surface area contributed by atoms with Gasteiger partial charge in [-0.2, -0.15) is 16.9 Å². The molecule has 0 radical (unpaired) electrons. The van der Waals surface area contributed by atoms with Crippen molar-refractivity contribution < 1.29 is 9.72 Å². The first-order chi connectivity index (χ1) is 11.6. The molecule has 0 spiro atoms. The Labute approximate surface area is 142 Å². The van der Waals surface area contributed by atoms with Gasteiger partial charge in [-0.15, -0.1) is 0 Å². The number of nitrogens with one attached hydrogen (secondary N) is 1. The van der Waals surface area contributed by atoms with Crippen LogP contribution >= 0.6 is 11.8 Å². The molecule has 1 aromatic heterocycles. The molecule has 2 atom stereocenters. The van der Waals surface area contributed by atoms with E-state index in [1.807, 2.05) is 16.7 Å². The summed E-state index contributed by atoms with van der Waals surface area (Å²) in [4.78, 5) is 25.6. The summed E-state index contributed by atoms with van der Waals surface area (Å²) in [5, 5.41) is 19.0. The Kier molecular flexibility index (Phi) is 3.91. The first-order valence-electron chi connectivity index (χ1n) is 8.20. The Bertz CT molecular complexity index is 804. The van der Waals surface area contributed by atoms with Crippen LogP contribution < -0.4 is 0 Å². The van der Waals surface area contributed by atoms with Crippen molar-refractivity contribution in [3.63, 3.8) is 0 Å². The number of carbonyl (C=O) groups is 1. The molecule has 2 aromatic rings. The van der Waals surface area contributed by atoms with Gasteiger partial charge < -0.3 is 4.90 Å². The number of hydrogen-bond donors (Lipinski definition) is 1. The van der Waals surface area contributed by atoms with Crippen LogP contribution in [0.1, 0.15) is 36.2 Å². The van der Waals surface area contributed by atoms with Crippen molar-refractivity contribution in [1.82, 2.24) is 15.1 Å². The van der Waals surface area contributed by atoms with Gasteiger partial charge in [0.1, 0.15) is 0 Å². The van der Waals surface area contributed by atoms with E-state index in [1.54, 1.807) is 6.07 Å². The lowest BCUT2D eigenvalue weighted by atomic mass is 9.93. The van der Waals surface area contributed by atoms with Crippen molar-refractivity contribution in [2.45, 2.75) is 37.0 Å². The lowest BCUT2D eigenvalue weighted by Gasteiger charge is -2.43. The molecule has 1 saturated carbocycles. The van der Waals surface area contributed by atoms with Crippen molar-refractivity contribution in [1.29, 1.82) is 0 Å². The van der Waals surface area contributed by atoms with Crippen molar-refractivity contribution in [2.75, 3.05) is 12.3 Å². The van der Waals surface area contributed by atoms with Crippen LogP contribution in [0.3, 0.4) is 0 Å². The van der Waals surface area contributed by atoms with Gasteiger partial charge in [-0.3, -0.25) is 20.0 Å². The van der Waals surface area contributed by atoms with Crippen LogP contribution in [-0.2, 0) is 0 Å². The molecule has 1 aliphatic carbocycles. The SMILES string of the molecule is O=C(c1n[nH]c2ccc([N+](=O)[O-])cc12)N1CCSC2CCCCC21. The number of nitrogens with zero attached hydrogens (tertiary/aromatic N) is 3. The normalized spacial score (nSPS) is 23.9. The lowest BCUT2D eigenvalue weighted by molar-refractivity contribution is -0.384. The minimum Gasteiger partial charge on any atom is -0.332 e. The lowest BCUT2D eigenvalue weighted by Crippen LogP contribution is -2.51. The first kappa shape index (κ1) is 15.4. The molecular weight excluding hydrogens is 328 g/mol. The van der Waals surface area contributed by atoms with E-state index in [4.69, 9.17) is 0 Å². The average Bonchev–Trinajstić information content (AvgIpc) is 3.03. The molecule has 2 unspecified atom stereocenters. The maximum absolute atomic E-state index is 13.1. The van der Waals surface area contributed by atoms with E-state index >= 15 is 0 Å². The zero-order chi connectivity index (χ0) is 16.7.